The quantitative estimate of drug-likeness (QED) is 0.353. The van der Waals surface area contributed by atoms with Crippen molar-refractivity contribution in [3.05, 3.63) is 64.2 Å². The van der Waals surface area contributed by atoms with Gasteiger partial charge in [0.25, 0.3) is 0 Å². The Morgan fingerprint density at radius 3 is 2.46 bits per heavy atom. The SMILES string of the molecule is COC(=O)c1cc(C=O)ccc1NS(=O)(=O)CCCCCc1ccc(Cl)cc1. The number of ether oxygens (including phenoxy) is 1. The standard InChI is InChI=1S/C20H22ClNO5S/c1-27-20(24)18-13-16(14-23)8-11-19(18)22-28(25,26)12-4-2-3-5-15-6-9-17(21)10-7-15/h6-11,13-14,22H,2-5,12H2,1H3. The molecule has 0 saturated carbocycles. The molecule has 0 amide bonds. The number of anilines is 1. The van der Waals surface area contributed by atoms with Crippen molar-refractivity contribution >= 4 is 39.6 Å². The molecule has 0 bridgehead atoms. The number of aryl methyl sites for hydroxylation is 1. The number of halogens is 1. The molecule has 0 aromatic heterocycles. The summed E-state index contributed by atoms with van der Waals surface area (Å²) in [6.45, 7) is 0. The molecule has 0 spiro atoms. The van der Waals surface area contributed by atoms with Crippen LogP contribution in [0.4, 0.5) is 5.69 Å². The van der Waals surface area contributed by atoms with Crippen molar-refractivity contribution in [1.82, 2.24) is 0 Å². The normalized spacial score (nSPS) is 11.1. The number of aldehydes is 1. The second-order valence-corrected chi connectivity index (χ2v) is 8.55. The van der Waals surface area contributed by atoms with Crippen molar-refractivity contribution in [2.45, 2.75) is 25.7 Å². The highest BCUT2D eigenvalue weighted by atomic mass is 35.5. The van der Waals surface area contributed by atoms with Gasteiger partial charge in [-0.15, -0.1) is 0 Å². The molecule has 28 heavy (non-hydrogen) atoms. The van der Waals surface area contributed by atoms with Crippen molar-refractivity contribution in [1.29, 1.82) is 0 Å². The monoisotopic (exact) mass is 423 g/mol. The second-order valence-electron chi connectivity index (χ2n) is 6.27. The van der Waals surface area contributed by atoms with Crippen LogP contribution in [0.2, 0.25) is 5.02 Å². The first-order chi connectivity index (χ1) is 13.3. The molecule has 0 aliphatic carbocycles. The van der Waals surface area contributed by atoms with Gasteiger partial charge in [0.05, 0.1) is 24.1 Å². The highest BCUT2D eigenvalue weighted by molar-refractivity contribution is 7.92. The number of rotatable bonds is 10. The molecule has 2 aromatic carbocycles. The number of nitrogens with one attached hydrogen (secondary N) is 1. The largest absolute Gasteiger partial charge is 0.465 e. The van der Waals surface area contributed by atoms with Crippen LogP contribution in [0.15, 0.2) is 42.5 Å². The summed E-state index contributed by atoms with van der Waals surface area (Å²) in [6, 6.07) is 11.7. The lowest BCUT2D eigenvalue weighted by molar-refractivity contribution is 0.0602. The Morgan fingerprint density at radius 1 is 1.11 bits per heavy atom. The third-order valence-electron chi connectivity index (χ3n) is 4.14. The Morgan fingerprint density at radius 2 is 1.82 bits per heavy atom. The first-order valence-electron chi connectivity index (χ1n) is 8.77. The van der Waals surface area contributed by atoms with E-state index in [1.54, 1.807) is 0 Å². The van der Waals surface area contributed by atoms with E-state index in [2.05, 4.69) is 9.46 Å². The van der Waals surface area contributed by atoms with E-state index >= 15 is 0 Å². The predicted octanol–water partition coefficient (Wildman–Crippen LogP) is 4.09. The predicted molar refractivity (Wildman–Crippen MR) is 110 cm³/mol. The molecule has 150 valence electrons. The number of carbonyl (C=O) groups excluding carboxylic acids is 2. The zero-order chi connectivity index (χ0) is 20.6. The smallest absolute Gasteiger partial charge is 0.340 e. The van der Waals surface area contributed by atoms with Crippen LogP contribution in [0.3, 0.4) is 0 Å². The Kier molecular flexibility index (Phi) is 8.02. The average Bonchev–Trinajstić information content (AvgIpc) is 2.68. The van der Waals surface area contributed by atoms with Gasteiger partial charge in [-0.25, -0.2) is 13.2 Å². The minimum Gasteiger partial charge on any atom is -0.465 e. The number of hydrogen-bond acceptors (Lipinski definition) is 5. The van der Waals surface area contributed by atoms with Crippen molar-refractivity contribution < 1.29 is 22.7 Å². The molecular formula is C20H22ClNO5S. The lowest BCUT2D eigenvalue weighted by Crippen LogP contribution is -2.19. The van der Waals surface area contributed by atoms with Gasteiger partial charge in [0.1, 0.15) is 6.29 Å². The third kappa shape index (κ3) is 6.65. The van der Waals surface area contributed by atoms with Crippen LogP contribution in [0.1, 0.15) is 45.5 Å². The highest BCUT2D eigenvalue weighted by Crippen LogP contribution is 2.20. The molecule has 0 unspecified atom stereocenters. The summed E-state index contributed by atoms with van der Waals surface area (Å²) in [7, 11) is -2.44. The fourth-order valence-corrected chi connectivity index (χ4v) is 4.00. The number of methoxy groups -OCH3 is 1. The van der Waals surface area contributed by atoms with Crippen LogP contribution < -0.4 is 4.72 Å². The maximum Gasteiger partial charge on any atom is 0.340 e. The van der Waals surface area contributed by atoms with Gasteiger partial charge < -0.3 is 4.74 Å². The molecule has 0 aliphatic heterocycles. The lowest BCUT2D eigenvalue weighted by atomic mass is 10.1. The Labute approximate surface area is 169 Å². The van der Waals surface area contributed by atoms with E-state index in [4.69, 9.17) is 11.6 Å². The number of carbonyl (C=O) groups is 2. The zero-order valence-electron chi connectivity index (χ0n) is 15.5. The van der Waals surface area contributed by atoms with Gasteiger partial charge in [-0.2, -0.15) is 0 Å². The highest BCUT2D eigenvalue weighted by Gasteiger charge is 2.18. The van der Waals surface area contributed by atoms with Crippen molar-refractivity contribution in [3.63, 3.8) is 0 Å². The van der Waals surface area contributed by atoms with Crippen molar-refractivity contribution in [2.75, 3.05) is 17.6 Å². The van der Waals surface area contributed by atoms with E-state index in [-0.39, 0.29) is 22.6 Å². The number of hydrogen-bond donors (Lipinski definition) is 1. The molecule has 0 radical (unpaired) electrons. The summed E-state index contributed by atoms with van der Waals surface area (Å²) < 4.78 is 31.7. The molecule has 2 rings (SSSR count). The Bertz CT molecular complexity index is 926. The molecular weight excluding hydrogens is 402 g/mol. The fraction of sp³-hybridized carbons (Fsp3) is 0.300. The Balaban J connectivity index is 1.90. The Hall–Kier alpha value is -2.38. The molecule has 2 aromatic rings. The van der Waals surface area contributed by atoms with Crippen LogP contribution >= 0.6 is 11.6 Å². The van der Waals surface area contributed by atoms with Crippen LogP contribution in [0.25, 0.3) is 0 Å². The van der Waals surface area contributed by atoms with Crippen molar-refractivity contribution in [2.24, 2.45) is 0 Å². The molecule has 6 nitrogen and oxygen atoms in total. The second kappa shape index (κ2) is 10.2. The minimum atomic E-state index is -3.63. The molecule has 1 N–H and O–H groups in total. The van der Waals surface area contributed by atoms with E-state index < -0.39 is 16.0 Å². The zero-order valence-corrected chi connectivity index (χ0v) is 17.1. The minimum absolute atomic E-state index is 0.00147. The average molecular weight is 424 g/mol. The molecule has 8 heteroatoms. The summed E-state index contributed by atoms with van der Waals surface area (Å²) >= 11 is 5.85. The molecule has 0 aliphatic rings. The van der Waals surface area contributed by atoms with Gasteiger partial charge in [0.15, 0.2) is 0 Å². The van der Waals surface area contributed by atoms with Crippen LogP contribution in [0.5, 0.6) is 0 Å². The summed E-state index contributed by atoms with van der Waals surface area (Å²) in [4.78, 5) is 22.8. The van der Waals surface area contributed by atoms with Crippen LogP contribution in [-0.2, 0) is 21.2 Å². The molecule has 0 fully saturated rings. The van der Waals surface area contributed by atoms with Gasteiger partial charge >= 0.3 is 5.97 Å². The van der Waals surface area contributed by atoms with E-state index in [0.29, 0.717) is 17.7 Å². The number of benzene rings is 2. The van der Waals surface area contributed by atoms with E-state index in [9.17, 15) is 18.0 Å². The van der Waals surface area contributed by atoms with E-state index in [1.165, 1.54) is 25.3 Å². The fourth-order valence-electron chi connectivity index (χ4n) is 2.67. The first kappa shape index (κ1) is 21.9. The first-order valence-corrected chi connectivity index (χ1v) is 10.8. The number of unbranched alkanes of at least 4 members (excludes halogenated alkanes) is 2. The van der Waals surface area contributed by atoms with E-state index in [0.717, 1.165) is 24.8 Å². The molecule has 0 atom stereocenters. The molecule has 0 heterocycles. The van der Waals surface area contributed by atoms with E-state index in [1.807, 2.05) is 24.3 Å². The summed E-state index contributed by atoms with van der Waals surface area (Å²) in [5.74, 6) is -0.784. The summed E-state index contributed by atoms with van der Waals surface area (Å²) in [6.07, 6.45) is 3.52. The van der Waals surface area contributed by atoms with Gasteiger partial charge in [0.2, 0.25) is 10.0 Å². The number of esters is 1. The van der Waals surface area contributed by atoms with Crippen LogP contribution in [0, 0.1) is 0 Å². The van der Waals surface area contributed by atoms with Crippen LogP contribution in [-0.4, -0.2) is 33.5 Å². The van der Waals surface area contributed by atoms with Gasteiger partial charge in [-0.1, -0.05) is 30.2 Å². The van der Waals surface area contributed by atoms with Gasteiger partial charge in [0, 0.05) is 10.6 Å². The molecule has 0 saturated heterocycles. The lowest BCUT2D eigenvalue weighted by Gasteiger charge is -2.12. The maximum absolute atomic E-state index is 12.3. The summed E-state index contributed by atoms with van der Waals surface area (Å²) in [5, 5.41) is 0.688. The third-order valence-corrected chi connectivity index (χ3v) is 5.75. The maximum atomic E-state index is 12.3. The summed E-state index contributed by atoms with van der Waals surface area (Å²) in [5.41, 5.74) is 1.51. The van der Waals surface area contributed by atoms with Crippen molar-refractivity contribution in [3.8, 4) is 0 Å². The van der Waals surface area contributed by atoms with Gasteiger partial charge in [-0.05, 0) is 55.2 Å². The number of sulfonamides is 1. The van der Waals surface area contributed by atoms with Gasteiger partial charge in [-0.3, -0.25) is 9.52 Å². The topological polar surface area (TPSA) is 89.5 Å².